The van der Waals surface area contributed by atoms with Crippen molar-refractivity contribution in [2.45, 2.75) is 219 Å². The first kappa shape index (κ1) is 36.2. The maximum atomic E-state index is 3.67. The predicted molar refractivity (Wildman–Crippen MR) is 175 cm³/mol. The van der Waals surface area contributed by atoms with Crippen LogP contribution in [0.1, 0.15) is 225 Å². The number of aromatic amines is 1. The van der Waals surface area contributed by atoms with Crippen molar-refractivity contribution in [3.05, 3.63) is 18.2 Å². The summed E-state index contributed by atoms with van der Waals surface area (Å²) in [5, 5.41) is 0. The summed E-state index contributed by atoms with van der Waals surface area (Å²) in [6.07, 6.45) is 44.3. The summed E-state index contributed by atoms with van der Waals surface area (Å²) in [4.78, 5) is 3.67. The van der Waals surface area contributed by atoms with E-state index in [2.05, 4.69) is 49.6 Å². The highest BCUT2D eigenvalue weighted by Gasteiger charge is 2.24. The lowest BCUT2D eigenvalue weighted by molar-refractivity contribution is -0.727. The van der Waals surface area contributed by atoms with Crippen molar-refractivity contribution < 1.29 is 4.57 Å². The molecule has 0 spiro atoms. The molecule has 2 nitrogen and oxygen atoms in total. The van der Waals surface area contributed by atoms with Crippen LogP contribution < -0.4 is 4.57 Å². The van der Waals surface area contributed by atoms with Crippen LogP contribution in [0.3, 0.4) is 0 Å². The molecule has 0 fully saturated rings. The van der Waals surface area contributed by atoms with Gasteiger partial charge in [-0.05, 0) is 32.6 Å². The molecule has 0 aliphatic heterocycles. The molecule has 0 aliphatic carbocycles. The van der Waals surface area contributed by atoms with Crippen LogP contribution in [0.25, 0.3) is 0 Å². The van der Waals surface area contributed by atoms with Crippen LogP contribution in [-0.2, 0) is 0 Å². The molecule has 230 valence electrons. The third-order valence-corrected chi connectivity index (χ3v) is 9.12. The number of unbranched alkanes of at least 4 members (excludes halogenated alkanes) is 22. The Kier molecular flexibility index (Phi) is 25.4. The minimum Gasteiger partial charge on any atom is -0.247 e. The molecule has 2 atom stereocenters. The lowest BCUT2D eigenvalue weighted by Crippen LogP contribution is -2.41. The van der Waals surface area contributed by atoms with Crippen molar-refractivity contribution in [2.24, 2.45) is 0 Å². The van der Waals surface area contributed by atoms with Crippen LogP contribution in [-0.4, -0.2) is 4.98 Å². The van der Waals surface area contributed by atoms with Crippen LogP contribution in [0.5, 0.6) is 0 Å². The molecular weight excluding hydrogens is 472 g/mol. The maximum Gasteiger partial charge on any atom is 0.257 e. The Morgan fingerprint density at radius 2 is 0.872 bits per heavy atom. The number of H-pyrrole nitrogens is 1. The average molecular weight is 546 g/mol. The number of hydrogen-bond acceptors (Lipinski definition) is 0. The fourth-order valence-electron chi connectivity index (χ4n) is 6.49. The molecule has 0 aromatic carbocycles. The maximum absolute atomic E-state index is 3.67. The molecule has 1 heterocycles. The molecule has 0 saturated heterocycles. The topological polar surface area (TPSA) is 19.7 Å². The largest absolute Gasteiger partial charge is 0.257 e. The summed E-state index contributed by atoms with van der Waals surface area (Å²) >= 11 is 0. The van der Waals surface area contributed by atoms with E-state index in [1.165, 1.54) is 186 Å². The van der Waals surface area contributed by atoms with Crippen molar-refractivity contribution in [1.29, 1.82) is 0 Å². The summed E-state index contributed by atoms with van der Waals surface area (Å²) in [5.74, 6) is 2.21. The number of aromatic nitrogens is 2. The molecule has 0 aliphatic rings. The van der Waals surface area contributed by atoms with E-state index >= 15 is 0 Å². The van der Waals surface area contributed by atoms with Gasteiger partial charge >= 0.3 is 0 Å². The summed E-state index contributed by atoms with van der Waals surface area (Å²) in [6.45, 7) is 9.42. The van der Waals surface area contributed by atoms with Crippen molar-refractivity contribution in [1.82, 2.24) is 4.98 Å². The van der Waals surface area contributed by atoms with Gasteiger partial charge in [-0.1, -0.05) is 175 Å². The summed E-state index contributed by atoms with van der Waals surface area (Å²) in [5.41, 5.74) is 0. The van der Waals surface area contributed by atoms with Gasteiger partial charge in [-0.2, -0.15) is 0 Å². The zero-order chi connectivity index (χ0) is 28.2. The number of nitrogens with one attached hydrogen (secondary N) is 1. The first-order valence-electron chi connectivity index (χ1n) is 18.3. The van der Waals surface area contributed by atoms with Gasteiger partial charge in [0.15, 0.2) is 0 Å². The van der Waals surface area contributed by atoms with Gasteiger partial charge in [-0.3, -0.25) is 0 Å². The molecule has 1 rings (SSSR count). The molecule has 1 N–H and O–H groups in total. The second-order valence-electron chi connectivity index (χ2n) is 12.9. The fraction of sp³-hybridized carbons (Fsp3) is 0.919. The van der Waals surface area contributed by atoms with Crippen LogP contribution >= 0.6 is 0 Å². The molecule has 2 heteroatoms. The van der Waals surface area contributed by atoms with E-state index in [0.717, 1.165) is 0 Å². The van der Waals surface area contributed by atoms with Gasteiger partial charge in [0.2, 0.25) is 0 Å². The highest BCUT2D eigenvalue weighted by molar-refractivity contribution is 4.90. The minimum atomic E-state index is 0.621. The first-order chi connectivity index (χ1) is 19.2. The highest BCUT2D eigenvalue weighted by atomic mass is 15.1. The van der Waals surface area contributed by atoms with E-state index < -0.39 is 0 Å². The molecule has 1 aromatic heterocycles. The molecular formula is C37H73N2+. The van der Waals surface area contributed by atoms with Gasteiger partial charge in [0, 0.05) is 0 Å². The molecule has 0 amide bonds. The van der Waals surface area contributed by atoms with Crippen molar-refractivity contribution in [3.63, 3.8) is 0 Å². The third kappa shape index (κ3) is 19.8. The Morgan fingerprint density at radius 1 is 0.487 bits per heavy atom. The third-order valence-electron chi connectivity index (χ3n) is 9.12. The second-order valence-corrected chi connectivity index (χ2v) is 12.9. The lowest BCUT2D eigenvalue weighted by Gasteiger charge is -2.16. The standard InChI is InChI=1S/C37H72N2/c1-5-8-10-12-14-16-17-18-19-20-21-23-25-27-29-32-36(30-7-3)37-38-33-34-39(37)35(4)31-28-26-24-22-15-13-11-9-6-2/h33-36H,5-32H2,1-4H3/p+1. The second kappa shape index (κ2) is 27.4. The molecule has 0 bridgehead atoms. The number of rotatable bonds is 30. The molecule has 0 saturated carbocycles. The van der Waals surface area contributed by atoms with Gasteiger partial charge in [-0.15, -0.1) is 0 Å². The van der Waals surface area contributed by atoms with Crippen LogP contribution in [0.15, 0.2) is 12.4 Å². The van der Waals surface area contributed by atoms with Crippen molar-refractivity contribution in [2.75, 3.05) is 0 Å². The first-order valence-corrected chi connectivity index (χ1v) is 18.3. The van der Waals surface area contributed by atoms with E-state index in [0.29, 0.717) is 12.0 Å². The normalized spacial score (nSPS) is 13.2. The van der Waals surface area contributed by atoms with Gasteiger partial charge in [-0.25, -0.2) is 9.55 Å². The van der Waals surface area contributed by atoms with E-state index in [9.17, 15) is 0 Å². The van der Waals surface area contributed by atoms with Crippen LogP contribution in [0.4, 0.5) is 0 Å². The Balaban J connectivity index is 2.14. The summed E-state index contributed by atoms with van der Waals surface area (Å²) in [7, 11) is 0. The van der Waals surface area contributed by atoms with E-state index in [4.69, 9.17) is 0 Å². The van der Waals surface area contributed by atoms with Crippen molar-refractivity contribution >= 4 is 0 Å². The van der Waals surface area contributed by atoms with E-state index in [-0.39, 0.29) is 0 Å². The van der Waals surface area contributed by atoms with Crippen LogP contribution in [0.2, 0.25) is 0 Å². The van der Waals surface area contributed by atoms with Crippen LogP contribution in [0, 0.1) is 0 Å². The molecule has 1 aromatic rings. The smallest absolute Gasteiger partial charge is 0.247 e. The highest BCUT2D eigenvalue weighted by Crippen LogP contribution is 2.26. The number of nitrogens with zero attached hydrogens (tertiary/aromatic N) is 1. The Labute approximate surface area is 246 Å². The minimum absolute atomic E-state index is 0.621. The van der Waals surface area contributed by atoms with Gasteiger partial charge in [0.1, 0.15) is 12.4 Å². The zero-order valence-electron chi connectivity index (χ0n) is 27.6. The SMILES string of the molecule is CCCCCCCCCCCCCCCCCC(CCC)c1[nH]cc[n+]1C(C)CCCCCCCCCCC. The quantitative estimate of drug-likeness (QED) is 0.0732. The lowest BCUT2D eigenvalue weighted by atomic mass is 9.94. The fourth-order valence-corrected chi connectivity index (χ4v) is 6.49. The monoisotopic (exact) mass is 546 g/mol. The Bertz CT molecular complexity index is 606. The van der Waals surface area contributed by atoms with E-state index in [1.807, 2.05) is 0 Å². The van der Waals surface area contributed by atoms with E-state index in [1.54, 1.807) is 0 Å². The van der Waals surface area contributed by atoms with Crippen molar-refractivity contribution in [3.8, 4) is 0 Å². The van der Waals surface area contributed by atoms with Gasteiger partial charge < -0.3 is 0 Å². The molecule has 2 unspecified atom stereocenters. The average Bonchev–Trinajstić information content (AvgIpc) is 3.43. The predicted octanol–water partition coefficient (Wildman–Crippen LogP) is 12.9. The Morgan fingerprint density at radius 3 is 1.28 bits per heavy atom. The number of hydrogen-bond donors (Lipinski definition) is 1. The molecule has 39 heavy (non-hydrogen) atoms. The molecule has 0 radical (unpaired) electrons. The summed E-state index contributed by atoms with van der Waals surface area (Å²) < 4.78 is 2.59. The zero-order valence-corrected chi connectivity index (χ0v) is 27.6. The van der Waals surface area contributed by atoms with Gasteiger partial charge in [0.05, 0.1) is 12.0 Å². The number of imidazole rings is 1. The van der Waals surface area contributed by atoms with Gasteiger partial charge in [0.25, 0.3) is 5.82 Å². The Hall–Kier alpha value is -0.790. The summed E-state index contributed by atoms with van der Waals surface area (Å²) in [6, 6.07) is 0.621.